The van der Waals surface area contributed by atoms with Gasteiger partial charge in [-0.2, -0.15) is 11.8 Å². The molecule has 3 rings (SSSR count). The summed E-state index contributed by atoms with van der Waals surface area (Å²) in [5, 5.41) is 12.4. The molecule has 1 unspecified atom stereocenters. The summed E-state index contributed by atoms with van der Waals surface area (Å²) in [7, 11) is -1.17. The summed E-state index contributed by atoms with van der Waals surface area (Å²) < 4.78 is 6.90. The van der Waals surface area contributed by atoms with E-state index >= 15 is 0 Å². The Morgan fingerprint density at radius 2 is 1.68 bits per heavy atom. The minimum atomic E-state index is -1.17. The molecule has 6 nitrogen and oxygen atoms in total. The first-order valence-electron chi connectivity index (χ1n) is 12.6. The Bertz CT molecular complexity index is 1230. The van der Waals surface area contributed by atoms with Crippen molar-refractivity contribution in [2.24, 2.45) is 5.41 Å². The van der Waals surface area contributed by atoms with Gasteiger partial charge in [-0.3, -0.25) is 9.78 Å². The molecule has 2 aromatic carbocycles. The summed E-state index contributed by atoms with van der Waals surface area (Å²) in [6, 6.07) is 18.5. The van der Waals surface area contributed by atoms with Gasteiger partial charge in [-0.25, -0.2) is 4.79 Å². The molecular formula is C30H37N2O4SSi. The summed E-state index contributed by atoms with van der Waals surface area (Å²) in [5.41, 5.74) is 2.79. The highest BCUT2D eigenvalue weighted by Crippen LogP contribution is 2.49. The molecule has 1 amide bonds. The lowest BCUT2D eigenvalue weighted by Crippen LogP contribution is -2.46. The van der Waals surface area contributed by atoms with Crippen molar-refractivity contribution in [1.29, 1.82) is 0 Å². The van der Waals surface area contributed by atoms with Gasteiger partial charge in [0.2, 0.25) is 9.04 Å². The summed E-state index contributed by atoms with van der Waals surface area (Å²) in [4.78, 5) is 29.6. The smallest absolute Gasteiger partial charge is 0.326 e. The number of amides is 1. The summed E-state index contributed by atoms with van der Waals surface area (Å²) >= 11 is 1.55. The van der Waals surface area contributed by atoms with E-state index in [1.807, 2.05) is 60.9 Å². The van der Waals surface area contributed by atoms with Crippen molar-refractivity contribution in [3.8, 4) is 11.1 Å². The van der Waals surface area contributed by atoms with E-state index in [1.165, 1.54) is 0 Å². The molecule has 2 atom stereocenters. The van der Waals surface area contributed by atoms with Crippen molar-refractivity contribution in [2.75, 3.05) is 12.0 Å². The average Bonchev–Trinajstić information content (AvgIpc) is 2.89. The number of hydrogen-bond donors (Lipinski definition) is 2. The fraction of sp³-hybridized carbons (Fsp3) is 0.367. The van der Waals surface area contributed by atoms with Gasteiger partial charge in [0.15, 0.2) is 0 Å². The molecule has 0 fully saturated rings. The third-order valence-electron chi connectivity index (χ3n) is 6.47. The largest absolute Gasteiger partial charge is 0.480 e. The number of carbonyl (C=O) groups is 2. The quantitative estimate of drug-likeness (QED) is 0.275. The predicted octanol–water partition coefficient (Wildman–Crippen LogP) is 6.24. The Kier molecular flexibility index (Phi) is 9.92. The zero-order chi connectivity index (χ0) is 27.9. The van der Waals surface area contributed by atoms with Gasteiger partial charge in [-0.15, -0.1) is 0 Å². The predicted molar refractivity (Wildman–Crippen MR) is 157 cm³/mol. The fourth-order valence-electron chi connectivity index (χ4n) is 4.74. The number of pyridine rings is 1. The van der Waals surface area contributed by atoms with Crippen LogP contribution in [0.3, 0.4) is 0 Å². The van der Waals surface area contributed by atoms with Gasteiger partial charge in [-0.1, -0.05) is 57.2 Å². The van der Waals surface area contributed by atoms with Crippen LogP contribution in [0.4, 0.5) is 0 Å². The maximum atomic E-state index is 13.5. The molecule has 3 aromatic rings. The average molecular weight is 550 g/mol. The second-order valence-corrected chi connectivity index (χ2v) is 13.5. The lowest BCUT2D eigenvalue weighted by atomic mass is 9.68. The number of nitrogens with zero attached hydrogens (tertiary/aromatic N) is 1. The summed E-state index contributed by atoms with van der Waals surface area (Å²) in [6.07, 6.45) is 5.81. The number of carboxylic acid groups (broad SMARTS) is 1. The molecule has 2 N–H and O–H groups in total. The molecule has 1 heterocycles. The number of benzene rings is 2. The Labute approximate surface area is 232 Å². The van der Waals surface area contributed by atoms with E-state index in [2.05, 4.69) is 44.2 Å². The number of carbonyl (C=O) groups excluding carboxylic acids is 1. The molecule has 0 aliphatic rings. The molecule has 1 aromatic heterocycles. The van der Waals surface area contributed by atoms with E-state index in [-0.39, 0.29) is 5.41 Å². The number of rotatable bonds is 11. The van der Waals surface area contributed by atoms with Crippen molar-refractivity contribution in [1.82, 2.24) is 10.3 Å². The van der Waals surface area contributed by atoms with Crippen LogP contribution in [0.2, 0.25) is 13.1 Å². The highest BCUT2D eigenvalue weighted by Gasteiger charge is 2.47. The molecule has 201 valence electrons. The Balaban J connectivity index is 2.23. The third kappa shape index (κ3) is 6.54. The van der Waals surface area contributed by atoms with Crippen LogP contribution in [0, 0.1) is 5.41 Å². The summed E-state index contributed by atoms with van der Waals surface area (Å²) in [6.45, 7) is 10.7. The van der Waals surface area contributed by atoms with E-state index in [0.717, 1.165) is 22.3 Å². The second-order valence-electron chi connectivity index (χ2n) is 10.4. The standard InChI is InChI=1S/C30H37N2O4SSi/c1-29(2,3)30(36-38(5)6,22-14-17-31-18-15-22)23-12-13-24(25(20-23)21-10-8-7-9-11-21)27(33)32-26(28(34)35)16-19-37-4/h7-15,17-18,20,26H,16,19H2,1-6H3,(H,32,33)(H,34,35)/t26-,30?/m0/s1. The molecule has 0 aliphatic heterocycles. The molecule has 0 spiro atoms. The number of nitrogens with one attached hydrogen (secondary N) is 1. The van der Waals surface area contributed by atoms with Crippen LogP contribution in [0.15, 0.2) is 73.1 Å². The first-order chi connectivity index (χ1) is 18.0. The molecular weight excluding hydrogens is 512 g/mol. The minimum absolute atomic E-state index is 0.347. The number of hydrogen-bond acceptors (Lipinski definition) is 5. The van der Waals surface area contributed by atoms with Crippen molar-refractivity contribution >= 4 is 32.7 Å². The number of carboxylic acids is 1. The van der Waals surface area contributed by atoms with Crippen LogP contribution >= 0.6 is 11.8 Å². The molecule has 0 saturated heterocycles. The maximum absolute atomic E-state index is 13.5. The van der Waals surface area contributed by atoms with Gasteiger partial charge in [0, 0.05) is 18.0 Å². The van der Waals surface area contributed by atoms with Crippen molar-refractivity contribution < 1.29 is 19.1 Å². The van der Waals surface area contributed by atoms with Crippen LogP contribution in [-0.2, 0) is 14.8 Å². The van der Waals surface area contributed by atoms with Gasteiger partial charge in [0.05, 0.1) is 0 Å². The number of aromatic nitrogens is 1. The topological polar surface area (TPSA) is 88.5 Å². The molecule has 0 bridgehead atoms. The van der Waals surface area contributed by atoms with Crippen molar-refractivity contribution in [3.63, 3.8) is 0 Å². The maximum Gasteiger partial charge on any atom is 0.326 e. The van der Waals surface area contributed by atoms with E-state index in [1.54, 1.807) is 30.2 Å². The van der Waals surface area contributed by atoms with Crippen LogP contribution < -0.4 is 5.32 Å². The third-order valence-corrected chi connectivity index (χ3v) is 7.83. The SMILES string of the molecule is CSCC[C@H](NC(=O)c1ccc(C(O[Si](C)C)(c2ccncc2)C(C)(C)C)cc1-c1ccccc1)C(=O)O. The van der Waals surface area contributed by atoms with Crippen molar-refractivity contribution in [3.05, 3.63) is 89.7 Å². The highest BCUT2D eigenvalue weighted by molar-refractivity contribution is 7.98. The van der Waals surface area contributed by atoms with Crippen LogP contribution in [0.5, 0.6) is 0 Å². The minimum Gasteiger partial charge on any atom is -0.480 e. The molecule has 38 heavy (non-hydrogen) atoms. The van der Waals surface area contributed by atoms with E-state index in [4.69, 9.17) is 4.43 Å². The second kappa shape index (κ2) is 12.7. The Hall–Kier alpha value is -2.94. The first kappa shape index (κ1) is 29.6. The highest BCUT2D eigenvalue weighted by atomic mass is 32.2. The number of aliphatic carboxylic acids is 1. The molecule has 8 heteroatoms. The zero-order valence-corrected chi connectivity index (χ0v) is 24.8. The Morgan fingerprint density at radius 1 is 1.03 bits per heavy atom. The normalized spacial score (nSPS) is 14.1. The monoisotopic (exact) mass is 549 g/mol. The number of thioether (sulfide) groups is 1. The van der Waals surface area contributed by atoms with Crippen LogP contribution in [-0.4, -0.2) is 49.1 Å². The first-order valence-corrected chi connectivity index (χ1v) is 16.4. The summed E-state index contributed by atoms with van der Waals surface area (Å²) in [5.74, 6) is -0.813. The van der Waals surface area contributed by atoms with Gasteiger partial charge < -0.3 is 14.8 Å². The van der Waals surface area contributed by atoms with Crippen molar-refractivity contribution in [2.45, 2.75) is 51.9 Å². The van der Waals surface area contributed by atoms with E-state index < -0.39 is 32.6 Å². The van der Waals surface area contributed by atoms with E-state index in [9.17, 15) is 14.7 Å². The fourth-order valence-corrected chi connectivity index (χ4v) is 6.37. The van der Waals surface area contributed by atoms with Crippen LogP contribution in [0.1, 0.15) is 48.7 Å². The Morgan fingerprint density at radius 3 is 2.24 bits per heavy atom. The van der Waals surface area contributed by atoms with E-state index in [0.29, 0.717) is 17.7 Å². The van der Waals surface area contributed by atoms with Gasteiger partial charge in [-0.05, 0) is 83.5 Å². The van der Waals surface area contributed by atoms with Gasteiger partial charge >= 0.3 is 5.97 Å². The lowest BCUT2D eigenvalue weighted by molar-refractivity contribution is -0.139. The molecule has 1 radical (unpaired) electrons. The van der Waals surface area contributed by atoms with Gasteiger partial charge in [0.1, 0.15) is 11.6 Å². The van der Waals surface area contributed by atoms with Crippen LogP contribution in [0.25, 0.3) is 11.1 Å². The zero-order valence-electron chi connectivity index (χ0n) is 22.9. The molecule has 0 saturated carbocycles. The van der Waals surface area contributed by atoms with Gasteiger partial charge in [0.25, 0.3) is 5.91 Å². The lowest BCUT2D eigenvalue weighted by Gasteiger charge is -2.47. The molecule has 0 aliphatic carbocycles.